The number of benzene rings is 2. The highest BCUT2D eigenvalue weighted by atomic mass is 35.5. The molecule has 1 aliphatic rings. The molecule has 3 rings (SSSR count). The van der Waals surface area contributed by atoms with Gasteiger partial charge in [-0.1, -0.05) is 48.3 Å². The lowest BCUT2D eigenvalue weighted by Gasteiger charge is -2.30. The van der Waals surface area contributed by atoms with Gasteiger partial charge < -0.3 is 10.2 Å². The number of amides is 3. The van der Waals surface area contributed by atoms with Gasteiger partial charge in [-0.3, -0.25) is 14.4 Å². The average molecular weight is 540 g/mol. The Morgan fingerprint density at radius 2 is 1.80 bits per heavy atom. The molecule has 35 heavy (non-hydrogen) atoms. The fourth-order valence-corrected chi connectivity index (χ4v) is 5.71. The van der Waals surface area contributed by atoms with E-state index in [9.17, 15) is 22.8 Å². The summed E-state index contributed by atoms with van der Waals surface area (Å²) in [6.45, 7) is 5.03. The summed E-state index contributed by atoms with van der Waals surface area (Å²) in [7, 11) is -4.05. The van der Waals surface area contributed by atoms with Gasteiger partial charge in [0, 0.05) is 35.6 Å². The van der Waals surface area contributed by atoms with Crippen molar-refractivity contribution in [2.24, 2.45) is 0 Å². The quantitative estimate of drug-likeness (QED) is 0.520. The fraction of sp³-hybridized carbons (Fsp3) is 0.375. The molecule has 2 aromatic carbocycles. The van der Waals surface area contributed by atoms with Gasteiger partial charge in [0.15, 0.2) is 0 Å². The predicted molar refractivity (Wildman–Crippen MR) is 134 cm³/mol. The van der Waals surface area contributed by atoms with Gasteiger partial charge in [0.05, 0.1) is 5.56 Å². The molecule has 0 bridgehead atoms. The minimum absolute atomic E-state index is 0.00481. The van der Waals surface area contributed by atoms with Crippen LogP contribution < -0.4 is 5.32 Å². The van der Waals surface area contributed by atoms with E-state index in [2.05, 4.69) is 5.32 Å². The molecule has 1 heterocycles. The summed E-state index contributed by atoms with van der Waals surface area (Å²) in [5.41, 5.74) is 0.649. The standard InChI is InChI=1S/C24H27Cl2N3O5S/c1-4-15(2)27-23(31)16(3)28(14-17-9-10-18(25)13-20(17)26)22(30)11-12-29-24(32)19-7-5-6-8-21(19)35(29,33)34/h5-10,13,15-16H,4,11-12,14H2,1-3H3,(H,27,31)/t15-,16-/m0/s1. The Labute approximate surface area is 215 Å². The molecule has 0 spiro atoms. The van der Waals surface area contributed by atoms with Crippen LogP contribution in [0.2, 0.25) is 10.0 Å². The van der Waals surface area contributed by atoms with Crippen molar-refractivity contribution in [1.82, 2.24) is 14.5 Å². The topological polar surface area (TPSA) is 104 Å². The van der Waals surface area contributed by atoms with Crippen molar-refractivity contribution in [2.45, 2.75) is 57.1 Å². The summed E-state index contributed by atoms with van der Waals surface area (Å²) in [5, 5.41) is 3.61. The number of hydrogen-bond acceptors (Lipinski definition) is 5. The largest absolute Gasteiger partial charge is 0.352 e. The molecule has 11 heteroatoms. The first kappa shape index (κ1) is 27.0. The van der Waals surface area contributed by atoms with Crippen LogP contribution in [-0.2, 0) is 26.2 Å². The molecule has 0 saturated carbocycles. The van der Waals surface area contributed by atoms with E-state index in [4.69, 9.17) is 23.2 Å². The van der Waals surface area contributed by atoms with Crippen molar-refractivity contribution < 1.29 is 22.8 Å². The maximum atomic E-state index is 13.3. The Morgan fingerprint density at radius 1 is 1.11 bits per heavy atom. The van der Waals surface area contributed by atoms with E-state index < -0.39 is 27.9 Å². The number of sulfonamides is 1. The van der Waals surface area contributed by atoms with Crippen molar-refractivity contribution in [1.29, 1.82) is 0 Å². The van der Waals surface area contributed by atoms with E-state index >= 15 is 0 Å². The molecule has 2 atom stereocenters. The molecule has 0 radical (unpaired) electrons. The molecule has 1 aliphatic heterocycles. The van der Waals surface area contributed by atoms with Crippen molar-refractivity contribution in [3.63, 3.8) is 0 Å². The summed E-state index contributed by atoms with van der Waals surface area (Å²) in [5.74, 6) is -1.53. The Morgan fingerprint density at radius 3 is 2.43 bits per heavy atom. The summed E-state index contributed by atoms with van der Waals surface area (Å²) < 4.78 is 26.4. The molecule has 0 saturated heterocycles. The Bertz CT molecular complexity index is 1250. The van der Waals surface area contributed by atoms with Gasteiger partial charge in [0.1, 0.15) is 10.9 Å². The molecule has 0 aromatic heterocycles. The van der Waals surface area contributed by atoms with Crippen LogP contribution in [0.1, 0.15) is 49.5 Å². The first-order valence-electron chi connectivity index (χ1n) is 11.2. The predicted octanol–water partition coefficient (Wildman–Crippen LogP) is 3.86. The molecular weight excluding hydrogens is 513 g/mol. The van der Waals surface area contributed by atoms with E-state index in [1.807, 2.05) is 13.8 Å². The number of rotatable bonds is 9. The van der Waals surface area contributed by atoms with E-state index in [-0.39, 0.29) is 41.9 Å². The molecule has 3 amide bonds. The number of hydrogen-bond donors (Lipinski definition) is 1. The van der Waals surface area contributed by atoms with Crippen LogP contribution in [0.4, 0.5) is 0 Å². The molecule has 2 aromatic rings. The molecule has 0 aliphatic carbocycles. The van der Waals surface area contributed by atoms with E-state index in [1.54, 1.807) is 25.1 Å². The monoisotopic (exact) mass is 539 g/mol. The number of carbonyl (C=O) groups is 3. The van der Waals surface area contributed by atoms with Crippen molar-refractivity contribution in [2.75, 3.05) is 6.54 Å². The first-order chi connectivity index (χ1) is 16.5. The third-order valence-electron chi connectivity index (χ3n) is 5.96. The van der Waals surface area contributed by atoms with Gasteiger partial charge in [-0.05, 0) is 50.1 Å². The molecule has 188 valence electrons. The van der Waals surface area contributed by atoms with Crippen LogP contribution in [-0.4, -0.2) is 54.0 Å². The van der Waals surface area contributed by atoms with Crippen LogP contribution >= 0.6 is 23.2 Å². The second-order valence-corrected chi connectivity index (χ2v) is 11.1. The number of nitrogens with zero attached hydrogens (tertiary/aromatic N) is 2. The molecule has 0 fully saturated rings. The minimum Gasteiger partial charge on any atom is -0.352 e. The van der Waals surface area contributed by atoms with Gasteiger partial charge in [-0.15, -0.1) is 0 Å². The SMILES string of the molecule is CC[C@H](C)NC(=O)[C@H](C)N(Cc1ccc(Cl)cc1Cl)C(=O)CCN1C(=O)c2ccccc2S1(=O)=O. The van der Waals surface area contributed by atoms with E-state index in [0.29, 0.717) is 26.3 Å². The van der Waals surface area contributed by atoms with Gasteiger partial charge in [-0.25, -0.2) is 12.7 Å². The average Bonchev–Trinajstić information content (AvgIpc) is 3.01. The second kappa shape index (κ2) is 11.0. The van der Waals surface area contributed by atoms with Crippen LogP contribution in [0.3, 0.4) is 0 Å². The van der Waals surface area contributed by atoms with Gasteiger partial charge in [0.25, 0.3) is 15.9 Å². The highest BCUT2D eigenvalue weighted by molar-refractivity contribution is 7.90. The molecule has 8 nitrogen and oxygen atoms in total. The zero-order valence-corrected chi connectivity index (χ0v) is 22.0. The number of nitrogens with one attached hydrogen (secondary N) is 1. The summed E-state index contributed by atoms with van der Waals surface area (Å²) in [4.78, 5) is 40.1. The lowest BCUT2D eigenvalue weighted by Crippen LogP contribution is -2.50. The van der Waals surface area contributed by atoms with Crippen molar-refractivity contribution >= 4 is 50.9 Å². The molecule has 1 N–H and O–H groups in total. The number of carbonyl (C=O) groups excluding carboxylic acids is 3. The molecular formula is C24H27Cl2N3O5S. The lowest BCUT2D eigenvalue weighted by molar-refractivity contribution is -0.140. The highest BCUT2D eigenvalue weighted by Crippen LogP contribution is 2.30. The summed E-state index contributed by atoms with van der Waals surface area (Å²) >= 11 is 12.3. The van der Waals surface area contributed by atoms with Gasteiger partial charge >= 0.3 is 0 Å². The third kappa shape index (κ3) is 5.79. The number of halogens is 2. The zero-order valence-electron chi connectivity index (χ0n) is 19.6. The maximum absolute atomic E-state index is 13.3. The Kier molecular flexibility index (Phi) is 8.46. The lowest BCUT2D eigenvalue weighted by atomic mass is 10.1. The summed E-state index contributed by atoms with van der Waals surface area (Å²) in [6.07, 6.45) is 0.413. The number of fused-ring (bicyclic) bond motifs is 1. The van der Waals surface area contributed by atoms with Crippen molar-refractivity contribution in [3.8, 4) is 0 Å². The fourth-order valence-electron chi connectivity index (χ4n) is 3.67. The Hall–Kier alpha value is -2.62. The van der Waals surface area contributed by atoms with Gasteiger partial charge in [0.2, 0.25) is 11.8 Å². The minimum atomic E-state index is -4.05. The third-order valence-corrected chi connectivity index (χ3v) is 8.39. The van der Waals surface area contributed by atoms with E-state index in [0.717, 1.165) is 0 Å². The van der Waals surface area contributed by atoms with Crippen molar-refractivity contribution in [3.05, 3.63) is 63.6 Å². The maximum Gasteiger partial charge on any atom is 0.269 e. The smallest absolute Gasteiger partial charge is 0.269 e. The first-order valence-corrected chi connectivity index (χ1v) is 13.4. The highest BCUT2D eigenvalue weighted by Gasteiger charge is 2.41. The zero-order chi connectivity index (χ0) is 25.9. The van der Waals surface area contributed by atoms with Crippen LogP contribution in [0.25, 0.3) is 0 Å². The van der Waals surface area contributed by atoms with Gasteiger partial charge in [-0.2, -0.15) is 0 Å². The Balaban J connectivity index is 1.82. The normalized spacial score (nSPS) is 15.9. The van der Waals surface area contributed by atoms with E-state index in [1.165, 1.54) is 29.2 Å². The van der Waals surface area contributed by atoms with Crippen LogP contribution in [0.15, 0.2) is 47.4 Å². The summed E-state index contributed by atoms with van der Waals surface area (Å²) in [6, 6.07) is 9.78. The second-order valence-electron chi connectivity index (χ2n) is 8.38. The van der Waals surface area contributed by atoms with Crippen LogP contribution in [0, 0.1) is 0 Å². The van der Waals surface area contributed by atoms with Crippen LogP contribution in [0.5, 0.6) is 0 Å². The molecule has 0 unspecified atom stereocenters.